The topological polar surface area (TPSA) is 42.9 Å². The second-order valence-corrected chi connectivity index (χ2v) is 7.18. The van der Waals surface area contributed by atoms with Gasteiger partial charge in [-0.15, -0.1) is 0 Å². The molecule has 1 saturated carbocycles. The normalized spacial score (nSPS) is 23.6. The highest BCUT2D eigenvalue weighted by atomic mass is 16.1. The maximum Gasteiger partial charge on any atom is 0.132 e. The van der Waals surface area contributed by atoms with E-state index in [4.69, 9.17) is 0 Å². The van der Waals surface area contributed by atoms with Gasteiger partial charge in [-0.05, 0) is 51.0 Å². The monoisotopic (exact) mass is 274 g/mol. The van der Waals surface area contributed by atoms with Crippen LogP contribution in [0.25, 0.3) is 0 Å². The van der Waals surface area contributed by atoms with E-state index in [-0.39, 0.29) is 5.41 Å². The highest BCUT2D eigenvalue weighted by molar-refractivity contribution is 5.78. The number of ketones is 1. The summed E-state index contributed by atoms with van der Waals surface area (Å²) in [7, 11) is 0. The van der Waals surface area contributed by atoms with Crippen LogP contribution in [0.5, 0.6) is 0 Å². The Hall–Kier alpha value is -1.25. The molecule has 0 aromatic carbocycles. The van der Waals surface area contributed by atoms with E-state index >= 15 is 0 Å². The molecular weight excluding hydrogens is 248 g/mol. The van der Waals surface area contributed by atoms with Crippen LogP contribution in [0, 0.1) is 11.8 Å². The van der Waals surface area contributed by atoms with Gasteiger partial charge in [0.1, 0.15) is 12.1 Å². The van der Waals surface area contributed by atoms with Crippen LogP contribution in [0.3, 0.4) is 0 Å². The zero-order valence-corrected chi connectivity index (χ0v) is 13.1. The number of carbonyl (C=O) groups is 1. The van der Waals surface area contributed by atoms with Gasteiger partial charge in [-0.25, -0.2) is 9.97 Å². The molecule has 2 rings (SSSR count). The Kier molecular flexibility index (Phi) is 4.56. The van der Waals surface area contributed by atoms with Gasteiger partial charge in [-0.2, -0.15) is 0 Å². The van der Waals surface area contributed by atoms with Crippen molar-refractivity contribution >= 4 is 5.78 Å². The van der Waals surface area contributed by atoms with Crippen molar-refractivity contribution in [1.82, 2.24) is 9.97 Å². The first-order valence-electron chi connectivity index (χ1n) is 7.68. The van der Waals surface area contributed by atoms with Crippen molar-refractivity contribution < 1.29 is 4.79 Å². The number of nitrogens with zero attached hydrogens (tertiary/aromatic N) is 2. The Morgan fingerprint density at radius 3 is 2.40 bits per heavy atom. The van der Waals surface area contributed by atoms with Crippen LogP contribution in [-0.2, 0) is 16.6 Å². The Morgan fingerprint density at radius 2 is 1.85 bits per heavy atom. The van der Waals surface area contributed by atoms with Crippen molar-refractivity contribution in [3.63, 3.8) is 0 Å². The van der Waals surface area contributed by atoms with Crippen LogP contribution in [-0.4, -0.2) is 15.8 Å². The fourth-order valence-corrected chi connectivity index (χ4v) is 2.99. The third kappa shape index (κ3) is 3.87. The van der Waals surface area contributed by atoms with Gasteiger partial charge in [-0.3, -0.25) is 4.79 Å². The van der Waals surface area contributed by atoms with E-state index in [1.807, 2.05) is 0 Å². The standard InChI is InChI=1S/C17H26N2O/c1-12(20)14-7-5-13(6-8-14)9-15-10-16(17(2,3)4)19-11-18-15/h10-11,13-14H,5-9H2,1-4H3. The van der Waals surface area contributed by atoms with Gasteiger partial charge in [0.05, 0.1) is 0 Å². The maximum absolute atomic E-state index is 11.4. The van der Waals surface area contributed by atoms with Gasteiger partial charge in [-0.1, -0.05) is 20.8 Å². The minimum Gasteiger partial charge on any atom is -0.300 e. The second-order valence-electron chi connectivity index (χ2n) is 7.18. The van der Waals surface area contributed by atoms with Crippen molar-refractivity contribution in [3.05, 3.63) is 23.8 Å². The predicted octanol–water partition coefficient (Wildman–Crippen LogP) is 3.71. The summed E-state index contributed by atoms with van der Waals surface area (Å²) in [4.78, 5) is 20.2. The molecule has 1 aliphatic rings. The highest BCUT2D eigenvalue weighted by Gasteiger charge is 2.24. The van der Waals surface area contributed by atoms with E-state index in [1.165, 1.54) is 0 Å². The Bertz CT molecular complexity index is 468. The quantitative estimate of drug-likeness (QED) is 0.843. The van der Waals surface area contributed by atoms with Crippen LogP contribution in [0.4, 0.5) is 0 Å². The number of aromatic nitrogens is 2. The molecule has 0 unspecified atom stereocenters. The van der Waals surface area contributed by atoms with Crippen LogP contribution < -0.4 is 0 Å². The largest absolute Gasteiger partial charge is 0.300 e. The first-order chi connectivity index (χ1) is 9.36. The number of carbonyl (C=O) groups excluding carboxylic acids is 1. The fourth-order valence-electron chi connectivity index (χ4n) is 2.99. The molecule has 0 aliphatic heterocycles. The van der Waals surface area contributed by atoms with E-state index in [0.717, 1.165) is 43.5 Å². The van der Waals surface area contributed by atoms with Crippen molar-refractivity contribution in [1.29, 1.82) is 0 Å². The maximum atomic E-state index is 11.4. The third-order valence-electron chi connectivity index (χ3n) is 4.41. The number of rotatable bonds is 3. The Balaban J connectivity index is 1.96. The molecule has 0 atom stereocenters. The van der Waals surface area contributed by atoms with Crippen LogP contribution in [0.1, 0.15) is 64.8 Å². The molecule has 1 aromatic heterocycles. The Morgan fingerprint density at radius 1 is 1.20 bits per heavy atom. The molecule has 0 radical (unpaired) electrons. The lowest BCUT2D eigenvalue weighted by molar-refractivity contribution is -0.121. The molecule has 0 saturated heterocycles. The molecule has 3 nitrogen and oxygen atoms in total. The SMILES string of the molecule is CC(=O)C1CCC(Cc2cc(C(C)(C)C)ncn2)CC1. The molecule has 1 aromatic rings. The zero-order valence-electron chi connectivity index (χ0n) is 13.1. The van der Waals surface area contributed by atoms with Gasteiger partial charge in [0.15, 0.2) is 0 Å². The van der Waals surface area contributed by atoms with Gasteiger partial charge in [0, 0.05) is 22.7 Å². The van der Waals surface area contributed by atoms with Crippen LogP contribution >= 0.6 is 0 Å². The summed E-state index contributed by atoms with van der Waals surface area (Å²) in [5.41, 5.74) is 2.33. The molecule has 110 valence electrons. The second kappa shape index (κ2) is 6.02. The summed E-state index contributed by atoms with van der Waals surface area (Å²) < 4.78 is 0. The lowest BCUT2D eigenvalue weighted by Gasteiger charge is -2.27. The van der Waals surface area contributed by atoms with E-state index in [2.05, 4.69) is 36.8 Å². The number of Topliss-reactive ketones (excluding diaryl/α,β-unsaturated/α-hetero) is 1. The van der Waals surface area contributed by atoms with Crippen molar-refractivity contribution in [2.75, 3.05) is 0 Å². The summed E-state index contributed by atoms with van der Waals surface area (Å²) >= 11 is 0. The fraction of sp³-hybridized carbons (Fsp3) is 0.706. The van der Waals surface area contributed by atoms with E-state index in [1.54, 1.807) is 13.3 Å². The van der Waals surface area contributed by atoms with Crippen molar-refractivity contribution in [3.8, 4) is 0 Å². The van der Waals surface area contributed by atoms with E-state index < -0.39 is 0 Å². The minimum absolute atomic E-state index is 0.0734. The van der Waals surface area contributed by atoms with E-state index in [9.17, 15) is 4.79 Å². The number of hydrogen-bond acceptors (Lipinski definition) is 3. The molecule has 0 amide bonds. The van der Waals surface area contributed by atoms with Crippen molar-refractivity contribution in [2.24, 2.45) is 11.8 Å². The van der Waals surface area contributed by atoms with Gasteiger partial charge in [0.2, 0.25) is 0 Å². The number of hydrogen-bond donors (Lipinski definition) is 0. The van der Waals surface area contributed by atoms with Crippen LogP contribution in [0.2, 0.25) is 0 Å². The first kappa shape index (κ1) is 15.1. The van der Waals surface area contributed by atoms with Crippen LogP contribution in [0.15, 0.2) is 12.4 Å². The predicted molar refractivity (Wildman–Crippen MR) is 80.6 cm³/mol. The third-order valence-corrected chi connectivity index (χ3v) is 4.41. The first-order valence-corrected chi connectivity index (χ1v) is 7.68. The summed E-state index contributed by atoms with van der Waals surface area (Å²) in [6.45, 7) is 8.26. The molecule has 0 bridgehead atoms. The zero-order chi connectivity index (χ0) is 14.8. The Labute approximate surface area is 122 Å². The highest BCUT2D eigenvalue weighted by Crippen LogP contribution is 2.31. The molecule has 1 heterocycles. The lowest BCUT2D eigenvalue weighted by atomic mass is 9.78. The van der Waals surface area contributed by atoms with Crippen molar-refractivity contribution in [2.45, 2.75) is 65.2 Å². The molecule has 0 N–H and O–H groups in total. The summed E-state index contributed by atoms with van der Waals surface area (Å²) in [5.74, 6) is 1.34. The minimum atomic E-state index is 0.0734. The summed E-state index contributed by atoms with van der Waals surface area (Å²) in [5, 5.41) is 0. The van der Waals surface area contributed by atoms with Gasteiger partial charge < -0.3 is 0 Å². The molecule has 1 aliphatic carbocycles. The summed E-state index contributed by atoms with van der Waals surface area (Å²) in [6.07, 6.45) is 7.12. The molecule has 0 spiro atoms. The smallest absolute Gasteiger partial charge is 0.132 e. The average molecular weight is 274 g/mol. The average Bonchev–Trinajstić information content (AvgIpc) is 2.38. The molecule has 1 fully saturated rings. The molecular formula is C17H26N2O. The van der Waals surface area contributed by atoms with Gasteiger partial charge >= 0.3 is 0 Å². The molecule has 20 heavy (non-hydrogen) atoms. The van der Waals surface area contributed by atoms with Gasteiger partial charge in [0.25, 0.3) is 0 Å². The summed E-state index contributed by atoms with van der Waals surface area (Å²) in [6, 6.07) is 2.15. The lowest BCUT2D eigenvalue weighted by Crippen LogP contribution is -2.21. The van der Waals surface area contributed by atoms with E-state index in [0.29, 0.717) is 17.6 Å². The molecule has 3 heteroatoms.